The highest BCUT2D eigenvalue weighted by molar-refractivity contribution is 7.92. The number of rotatable bonds is 13. The third-order valence-corrected chi connectivity index (χ3v) is 7.71. The van der Waals surface area contributed by atoms with E-state index < -0.39 is 27.8 Å². The molecule has 0 saturated heterocycles. The number of amides is 2. The predicted molar refractivity (Wildman–Crippen MR) is 147 cm³/mol. The van der Waals surface area contributed by atoms with Crippen LogP contribution in [0, 0.1) is 0 Å². The van der Waals surface area contributed by atoms with Crippen molar-refractivity contribution in [2.24, 2.45) is 0 Å². The average Bonchev–Trinajstić information content (AvgIpc) is 2.86. The van der Waals surface area contributed by atoms with E-state index in [1.54, 1.807) is 31.2 Å². The smallest absolute Gasteiger partial charge is 0.352 e. The van der Waals surface area contributed by atoms with Crippen LogP contribution in [0.2, 0.25) is 5.02 Å². The van der Waals surface area contributed by atoms with E-state index in [1.807, 2.05) is 13.8 Å². The molecule has 0 spiro atoms. The van der Waals surface area contributed by atoms with Gasteiger partial charge in [-0.15, -0.1) is 0 Å². The molecule has 7 nitrogen and oxygen atoms in total. The number of sulfonamides is 1. The number of alkyl halides is 3. The van der Waals surface area contributed by atoms with E-state index in [9.17, 15) is 31.2 Å². The molecule has 2 aromatic rings. The minimum absolute atomic E-state index is 0.0304. The van der Waals surface area contributed by atoms with E-state index in [4.69, 9.17) is 11.6 Å². The molecule has 2 amide bonds. The van der Waals surface area contributed by atoms with Crippen molar-refractivity contribution in [2.75, 3.05) is 17.1 Å². The van der Waals surface area contributed by atoms with Gasteiger partial charge in [-0.25, -0.2) is 8.42 Å². The molecule has 1 N–H and O–H groups in total. The van der Waals surface area contributed by atoms with Crippen molar-refractivity contribution < 1.29 is 31.2 Å². The molecular weight excluding hydrogens is 555 g/mol. The number of hydrogen-bond acceptors (Lipinski definition) is 4. The van der Waals surface area contributed by atoms with Gasteiger partial charge in [-0.05, 0) is 62.1 Å². The fourth-order valence-electron chi connectivity index (χ4n) is 3.99. The lowest BCUT2D eigenvalue weighted by Gasteiger charge is -2.32. The molecule has 2 atom stereocenters. The monoisotopic (exact) mass is 589 g/mol. The molecule has 0 aliphatic carbocycles. The molecule has 2 aromatic carbocycles. The normalized spacial score (nSPS) is 13.4. The molecule has 2 rings (SSSR count). The molecule has 0 aliphatic rings. The van der Waals surface area contributed by atoms with E-state index >= 15 is 0 Å². The Labute approximate surface area is 233 Å². The molecule has 0 radical (unpaired) electrons. The summed E-state index contributed by atoms with van der Waals surface area (Å²) in [4.78, 5) is 27.9. The number of carbonyl (C=O) groups is 2. The molecular formula is C27H35ClF3N3O4S. The minimum atomic E-state index is -4.64. The highest BCUT2D eigenvalue weighted by Crippen LogP contribution is 2.32. The third-order valence-electron chi connectivity index (χ3n) is 6.27. The quantitative estimate of drug-likeness (QED) is 0.328. The molecule has 0 saturated carbocycles. The van der Waals surface area contributed by atoms with Gasteiger partial charge in [0.15, 0.2) is 0 Å². The van der Waals surface area contributed by atoms with Crippen molar-refractivity contribution in [3.8, 4) is 0 Å². The standard InChI is InChI=1S/C27H35ClF3N3O4S/c1-5-19(3)32-26(36)24(6-2)33(18-20-12-14-22(28)15-13-20)25(35)11-8-16-34(39(4,37)38)23-10-7-9-21(17-23)27(29,30)31/h7,9-10,12-15,17,19,24H,5-6,8,11,16,18H2,1-4H3,(H,32,36). The van der Waals surface area contributed by atoms with Crippen molar-refractivity contribution in [3.63, 3.8) is 0 Å². The van der Waals surface area contributed by atoms with Gasteiger partial charge in [-0.1, -0.05) is 43.6 Å². The van der Waals surface area contributed by atoms with E-state index in [0.717, 1.165) is 34.3 Å². The lowest BCUT2D eigenvalue weighted by atomic mass is 10.1. The fourth-order valence-corrected chi connectivity index (χ4v) is 5.07. The van der Waals surface area contributed by atoms with Crippen LogP contribution in [0.5, 0.6) is 0 Å². The first-order chi connectivity index (χ1) is 18.2. The molecule has 0 aliphatic heterocycles. The highest BCUT2D eigenvalue weighted by atomic mass is 35.5. The molecule has 0 heterocycles. The van der Waals surface area contributed by atoms with Crippen LogP contribution in [0.15, 0.2) is 48.5 Å². The largest absolute Gasteiger partial charge is 0.416 e. The van der Waals surface area contributed by atoms with Crippen molar-refractivity contribution in [1.82, 2.24) is 10.2 Å². The van der Waals surface area contributed by atoms with Crippen LogP contribution in [0.25, 0.3) is 0 Å². The second-order valence-corrected chi connectivity index (χ2v) is 11.7. The predicted octanol–water partition coefficient (Wildman–Crippen LogP) is 5.63. The topological polar surface area (TPSA) is 86.8 Å². The zero-order valence-corrected chi connectivity index (χ0v) is 24.0. The van der Waals surface area contributed by atoms with E-state index in [0.29, 0.717) is 17.9 Å². The number of nitrogens with one attached hydrogen (secondary N) is 1. The number of benzene rings is 2. The number of anilines is 1. The lowest BCUT2D eigenvalue weighted by Crippen LogP contribution is -2.50. The van der Waals surface area contributed by atoms with E-state index in [2.05, 4.69) is 5.32 Å². The molecule has 0 aromatic heterocycles. The van der Waals surface area contributed by atoms with Crippen molar-refractivity contribution in [1.29, 1.82) is 0 Å². The molecule has 12 heteroatoms. The Bertz CT molecular complexity index is 1220. The SMILES string of the molecule is CCC(C)NC(=O)C(CC)N(Cc1ccc(Cl)cc1)C(=O)CCCN(c1cccc(C(F)(F)F)c1)S(C)(=O)=O. The van der Waals surface area contributed by atoms with Crippen LogP contribution in [0.3, 0.4) is 0 Å². The number of carbonyl (C=O) groups excluding carboxylic acids is 2. The van der Waals surface area contributed by atoms with Gasteiger partial charge in [0.1, 0.15) is 6.04 Å². The Kier molecular flexibility index (Phi) is 11.7. The van der Waals surface area contributed by atoms with Crippen LogP contribution < -0.4 is 9.62 Å². The highest BCUT2D eigenvalue weighted by Gasteiger charge is 2.32. The maximum atomic E-state index is 13.4. The van der Waals surface area contributed by atoms with Crippen molar-refractivity contribution >= 4 is 39.1 Å². The summed E-state index contributed by atoms with van der Waals surface area (Å²) in [5.41, 5.74) is -0.363. The molecule has 0 bridgehead atoms. The fraction of sp³-hybridized carbons (Fsp3) is 0.481. The average molecular weight is 590 g/mol. The summed E-state index contributed by atoms with van der Waals surface area (Å²) in [5.74, 6) is -0.676. The lowest BCUT2D eigenvalue weighted by molar-refractivity contribution is -0.141. The first-order valence-electron chi connectivity index (χ1n) is 12.7. The zero-order chi connectivity index (χ0) is 29.4. The minimum Gasteiger partial charge on any atom is -0.352 e. The van der Waals surface area contributed by atoms with E-state index in [-0.39, 0.29) is 49.5 Å². The van der Waals surface area contributed by atoms with Crippen LogP contribution in [-0.2, 0) is 32.3 Å². The summed E-state index contributed by atoms with van der Waals surface area (Å²) >= 11 is 5.98. The molecule has 0 fully saturated rings. The molecule has 2 unspecified atom stereocenters. The molecule has 39 heavy (non-hydrogen) atoms. The van der Waals surface area contributed by atoms with E-state index in [1.165, 1.54) is 11.0 Å². The summed E-state index contributed by atoms with van der Waals surface area (Å²) in [5, 5.41) is 3.43. The maximum Gasteiger partial charge on any atom is 0.416 e. The second-order valence-electron chi connectivity index (χ2n) is 9.38. The summed E-state index contributed by atoms with van der Waals surface area (Å²) in [6, 6.07) is 10.0. The summed E-state index contributed by atoms with van der Waals surface area (Å²) in [7, 11) is -3.94. The number of nitrogens with zero attached hydrogens (tertiary/aromatic N) is 2. The zero-order valence-electron chi connectivity index (χ0n) is 22.5. The third kappa shape index (κ3) is 9.72. The van der Waals surface area contributed by atoms with Gasteiger partial charge in [0.25, 0.3) is 0 Å². The van der Waals surface area contributed by atoms with Crippen molar-refractivity contribution in [2.45, 2.75) is 71.3 Å². The Morgan fingerprint density at radius 2 is 1.69 bits per heavy atom. The second kappa shape index (κ2) is 14.0. The van der Waals surface area contributed by atoms with Gasteiger partial charge in [-0.2, -0.15) is 13.2 Å². The Hall–Kier alpha value is -2.79. The maximum absolute atomic E-state index is 13.4. The van der Waals surface area contributed by atoms with Crippen LogP contribution in [0.1, 0.15) is 57.6 Å². The Morgan fingerprint density at radius 1 is 1.05 bits per heavy atom. The summed E-state index contributed by atoms with van der Waals surface area (Å²) in [6.07, 6.45) is -2.77. The number of halogens is 4. The Morgan fingerprint density at radius 3 is 2.23 bits per heavy atom. The van der Waals surface area contributed by atoms with Crippen LogP contribution in [0.4, 0.5) is 18.9 Å². The van der Waals surface area contributed by atoms with Gasteiger partial charge >= 0.3 is 6.18 Å². The Balaban J connectivity index is 2.26. The summed E-state index contributed by atoms with van der Waals surface area (Å²) in [6.45, 7) is 5.51. The first kappa shape index (κ1) is 32.4. The number of hydrogen-bond donors (Lipinski definition) is 1. The van der Waals surface area contributed by atoms with Crippen LogP contribution >= 0.6 is 11.6 Å². The molecule has 216 valence electrons. The summed E-state index contributed by atoms with van der Waals surface area (Å²) < 4.78 is 65.3. The van der Waals surface area contributed by atoms with Gasteiger partial charge in [0, 0.05) is 30.6 Å². The van der Waals surface area contributed by atoms with Gasteiger partial charge < -0.3 is 10.2 Å². The van der Waals surface area contributed by atoms with Gasteiger partial charge in [-0.3, -0.25) is 13.9 Å². The van der Waals surface area contributed by atoms with Gasteiger partial charge in [0.05, 0.1) is 17.5 Å². The first-order valence-corrected chi connectivity index (χ1v) is 14.9. The van der Waals surface area contributed by atoms with Crippen LogP contribution in [-0.4, -0.2) is 50.0 Å². The van der Waals surface area contributed by atoms with Gasteiger partial charge in [0.2, 0.25) is 21.8 Å². The van der Waals surface area contributed by atoms with Crippen molar-refractivity contribution in [3.05, 3.63) is 64.7 Å².